The molecule has 0 fully saturated rings. The van der Waals surface area contributed by atoms with E-state index >= 15 is 0 Å². The zero-order valence-corrected chi connectivity index (χ0v) is 15.8. The normalized spacial score (nSPS) is 11.7. The fraction of sp³-hybridized carbons (Fsp3) is 0.150. The smallest absolute Gasteiger partial charge is 0.275 e. The Bertz CT molecular complexity index is 1040. The molecule has 9 nitrogen and oxygen atoms in total. The van der Waals surface area contributed by atoms with Gasteiger partial charge < -0.3 is 29.6 Å². The summed E-state index contributed by atoms with van der Waals surface area (Å²) in [6, 6.07) is 10.6. The van der Waals surface area contributed by atoms with Crippen LogP contribution in [0.15, 0.2) is 48.8 Å². The Kier molecular flexibility index (Phi) is 5.02. The van der Waals surface area contributed by atoms with Crippen LogP contribution < -0.4 is 29.6 Å². The Labute approximate surface area is 166 Å². The quantitative estimate of drug-likeness (QED) is 0.657. The van der Waals surface area contributed by atoms with Crippen molar-refractivity contribution in [2.75, 3.05) is 31.6 Å². The molecule has 0 spiro atoms. The lowest BCUT2D eigenvalue weighted by Gasteiger charge is -2.11. The van der Waals surface area contributed by atoms with E-state index in [1.165, 1.54) is 19.5 Å². The van der Waals surface area contributed by atoms with Crippen molar-refractivity contribution >= 4 is 23.1 Å². The molecular formula is C20H18N4O5. The third kappa shape index (κ3) is 3.98. The molecule has 0 aliphatic carbocycles. The molecule has 2 N–H and O–H groups in total. The monoisotopic (exact) mass is 394 g/mol. The molecular weight excluding hydrogens is 376 g/mol. The van der Waals surface area contributed by atoms with Crippen LogP contribution in [0.1, 0.15) is 10.5 Å². The summed E-state index contributed by atoms with van der Waals surface area (Å²) in [6.45, 7) is 0.209. The van der Waals surface area contributed by atoms with E-state index in [4.69, 9.17) is 18.9 Å². The molecule has 2 heterocycles. The summed E-state index contributed by atoms with van der Waals surface area (Å²) in [7, 11) is 3.07. The van der Waals surface area contributed by atoms with Crippen molar-refractivity contribution in [3.8, 4) is 23.0 Å². The van der Waals surface area contributed by atoms with E-state index in [0.29, 0.717) is 34.5 Å². The third-order valence-corrected chi connectivity index (χ3v) is 4.18. The number of carbonyl (C=O) groups is 1. The lowest BCUT2D eigenvalue weighted by atomic mass is 10.2. The van der Waals surface area contributed by atoms with Gasteiger partial charge in [-0.3, -0.25) is 4.79 Å². The summed E-state index contributed by atoms with van der Waals surface area (Å²) >= 11 is 0. The van der Waals surface area contributed by atoms with E-state index in [1.807, 2.05) is 6.07 Å². The molecule has 0 saturated heterocycles. The molecule has 4 rings (SSSR count). The molecule has 0 radical (unpaired) electrons. The largest absolute Gasteiger partial charge is 0.497 e. The minimum Gasteiger partial charge on any atom is -0.497 e. The number of aromatic nitrogens is 2. The second kappa shape index (κ2) is 7.93. The lowest BCUT2D eigenvalue weighted by molar-refractivity contribution is 0.102. The zero-order valence-electron chi connectivity index (χ0n) is 15.8. The lowest BCUT2D eigenvalue weighted by Crippen LogP contribution is -2.15. The van der Waals surface area contributed by atoms with Gasteiger partial charge in [0.05, 0.1) is 32.3 Å². The third-order valence-electron chi connectivity index (χ3n) is 4.18. The first-order valence-electron chi connectivity index (χ1n) is 8.68. The number of hydrogen-bond acceptors (Lipinski definition) is 8. The number of methoxy groups -OCH3 is 2. The Morgan fingerprint density at radius 2 is 1.86 bits per heavy atom. The summed E-state index contributed by atoms with van der Waals surface area (Å²) in [4.78, 5) is 20.9. The molecule has 0 saturated carbocycles. The molecule has 0 bridgehead atoms. The number of benzene rings is 2. The number of nitrogens with zero attached hydrogens (tertiary/aromatic N) is 2. The molecule has 1 aliphatic heterocycles. The summed E-state index contributed by atoms with van der Waals surface area (Å²) in [5, 5.41) is 5.86. The van der Waals surface area contributed by atoms with E-state index in [0.717, 1.165) is 5.69 Å². The van der Waals surface area contributed by atoms with Crippen molar-refractivity contribution in [3.05, 3.63) is 54.5 Å². The number of amides is 1. The number of ether oxygens (including phenoxy) is 4. The van der Waals surface area contributed by atoms with Crippen molar-refractivity contribution in [2.45, 2.75) is 0 Å². The van der Waals surface area contributed by atoms with Gasteiger partial charge in [-0.15, -0.1) is 0 Å². The maximum Gasteiger partial charge on any atom is 0.275 e. The van der Waals surface area contributed by atoms with Gasteiger partial charge in [0, 0.05) is 17.8 Å². The van der Waals surface area contributed by atoms with E-state index < -0.39 is 5.91 Å². The van der Waals surface area contributed by atoms with Crippen LogP contribution in [0.25, 0.3) is 0 Å². The molecule has 0 unspecified atom stereocenters. The number of hydrogen-bond donors (Lipinski definition) is 2. The molecule has 0 atom stereocenters. The van der Waals surface area contributed by atoms with Crippen molar-refractivity contribution in [1.29, 1.82) is 0 Å². The number of carbonyl (C=O) groups excluding carboxylic acids is 1. The Balaban J connectivity index is 1.46. The Morgan fingerprint density at radius 1 is 1.00 bits per heavy atom. The summed E-state index contributed by atoms with van der Waals surface area (Å²) in [6.07, 6.45) is 2.86. The summed E-state index contributed by atoms with van der Waals surface area (Å²) in [5.41, 5.74) is 1.40. The highest BCUT2D eigenvalue weighted by Crippen LogP contribution is 2.35. The van der Waals surface area contributed by atoms with E-state index in [2.05, 4.69) is 20.6 Å². The SMILES string of the molecule is COc1ccc(OC)c(NC(=O)c2cnc(Nc3ccc4c(c3)OCO4)cn2)c1. The van der Waals surface area contributed by atoms with Gasteiger partial charge in [0.15, 0.2) is 11.5 Å². The fourth-order valence-electron chi connectivity index (χ4n) is 2.73. The first-order valence-corrected chi connectivity index (χ1v) is 8.68. The second-order valence-electron chi connectivity index (χ2n) is 6.00. The van der Waals surface area contributed by atoms with Crippen LogP contribution in [-0.4, -0.2) is 36.9 Å². The van der Waals surface area contributed by atoms with Crippen LogP contribution in [-0.2, 0) is 0 Å². The minimum absolute atomic E-state index is 0.158. The van der Waals surface area contributed by atoms with E-state index in [1.54, 1.807) is 37.4 Å². The van der Waals surface area contributed by atoms with Gasteiger partial charge in [-0.1, -0.05) is 0 Å². The summed E-state index contributed by atoms with van der Waals surface area (Å²) < 4.78 is 21.1. The van der Waals surface area contributed by atoms with Gasteiger partial charge in [0.2, 0.25) is 6.79 Å². The van der Waals surface area contributed by atoms with Crippen LogP contribution >= 0.6 is 0 Å². The average molecular weight is 394 g/mol. The van der Waals surface area contributed by atoms with Crippen LogP contribution in [0.3, 0.4) is 0 Å². The molecule has 1 aliphatic rings. The van der Waals surface area contributed by atoms with Gasteiger partial charge in [0.25, 0.3) is 5.91 Å². The Hall–Kier alpha value is -4.01. The number of anilines is 3. The topological polar surface area (TPSA) is 104 Å². The second-order valence-corrected chi connectivity index (χ2v) is 6.00. The molecule has 1 amide bonds. The number of nitrogens with one attached hydrogen (secondary N) is 2. The maximum atomic E-state index is 12.5. The van der Waals surface area contributed by atoms with Crippen LogP contribution in [0, 0.1) is 0 Å². The maximum absolute atomic E-state index is 12.5. The highest BCUT2D eigenvalue weighted by molar-refractivity contribution is 6.03. The number of fused-ring (bicyclic) bond motifs is 1. The standard InChI is InChI=1S/C20H18N4O5/c1-26-13-4-6-16(27-2)14(8-13)24-20(25)15-9-22-19(10-21-15)23-12-3-5-17-18(7-12)29-11-28-17/h3-10H,11H2,1-2H3,(H,22,23)(H,24,25). The molecule has 3 aromatic rings. The first kappa shape index (κ1) is 18.4. The zero-order chi connectivity index (χ0) is 20.2. The average Bonchev–Trinajstić information content (AvgIpc) is 3.22. The van der Waals surface area contributed by atoms with Gasteiger partial charge >= 0.3 is 0 Å². The van der Waals surface area contributed by atoms with Crippen LogP contribution in [0.2, 0.25) is 0 Å². The van der Waals surface area contributed by atoms with Crippen LogP contribution in [0.4, 0.5) is 17.2 Å². The number of rotatable bonds is 6. The van der Waals surface area contributed by atoms with E-state index in [-0.39, 0.29) is 12.5 Å². The van der Waals surface area contributed by atoms with Crippen LogP contribution in [0.5, 0.6) is 23.0 Å². The Morgan fingerprint density at radius 3 is 2.62 bits per heavy atom. The first-order chi connectivity index (χ1) is 14.2. The van der Waals surface area contributed by atoms with Gasteiger partial charge in [-0.2, -0.15) is 0 Å². The molecule has 9 heteroatoms. The highest BCUT2D eigenvalue weighted by Gasteiger charge is 2.15. The van der Waals surface area contributed by atoms with Gasteiger partial charge in [-0.05, 0) is 24.3 Å². The summed E-state index contributed by atoms with van der Waals surface area (Å²) in [5.74, 6) is 2.52. The van der Waals surface area contributed by atoms with Crippen molar-refractivity contribution in [1.82, 2.24) is 9.97 Å². The molecule has 1 aromatic heterocycles. The predicted molar refractivity (Wildman–Crippen MR) is 105 cm³/mol. The predicted octanol–water partition coefficient (Wildman–Crippen LogP) is 3.22. The van der Waals surface area contributed by atoms with Gasteiger partial charge in [0.1, 0.15) is 23.0 Å². The van der Waals surface area contributed by atoms with Gasteiger partial charge in [-0.25, -0.2) is 9.97 Å². The van der Waals surface area contributed by atoms with Crippen molar-refractivity contribution in [2.24, 2.45) is 0 Å². The highest BCUT2D eigenvalue weighted by atomic mass is 16.7. The minimum atomic E-state index is -0.418. The molecule has 29 heavy (non-hydrogen) atoms. The van der Waals surface area contributed by atoms with Crippen molar-refractivity contribution in [3.63, 3.8) is 0 Å². The molecule has 2 aromatic carbocycles. The van der Waals surface area contributed by atoms with Crippen molar-refractivity contribution < 1.29 is 23.7 Å². The fourth-order valence-corrected chi connectivity index (χ4v) is 2.73. The van der Waals surface area contributed by atoms with E-state index in [9.17, 15) is 4.79 Å². The molecule has 148 valence electrons.